The summed E-state index contributed by atoms with van der Waals surface area (Å²) in [4.78, 5) is 30.6. The van der Waals surface area contributed by atoms with Crippen molar-refractivity contribution < 1.29 is 18.0 Å². The first kappa shape index (κ1) is 24.4. The second kappa shape index (κ2) is 9.52. The van der Waals surface area contributed by atoms with Crippen molar-refractivity contribution in [3.63, 3.8) is 0 Å². The number of halogens is 3. The van der Waals surface area contributed by atoms with Crippen LogP contribution in [0.2, 0.25) is 0 Å². The SMILES string of the molecule is CCCC1Cc2c(cc(-c3cc(NC(=O)c4cccc(C(F)(F)F)c4)ccc3C)c(=O)n2C)C=N1. The van der Waals surface area contributed by atoms with E-state index in [2.05, 4.69) is 17.2 Å². The Balaban J connectivity index is 1.67. The second-order valence-corrected chi connectivity index (χ2v) is 8.81. The summed E-state index contributed by atoms with van der Waals surface area (Å²) in [6.07, 6.45) is -0.0473. The molecule has 5 nitrogen and oxygen atoms in total. The van der Waals surface area contributed by atoms with Crippen molar-refractivity contribution in [1.29, 1.82) is 0 Å². The highest BCUT2D eigenvalue weighted by Gasteiger charge is 2.31. The zero-order valence-electron chi connectivity index (χ0n) is 19.7. The Morgan fingerprint density at radius 2 is 1.91 bits per heavy atom. The van der Waals surface area contributed by atoms with E-state index in [1.165, 1.54) is 12.1 Å². The fourth-order valence-electron chi connectivity index (χ4n) is 4.36. The van der Waals surface area contributed by atoms with E-state index in [0.29, 0.717) is 23.2 Å². The molecule has 1 atom stereocenters. The maximum atomic E-state index is 13.3. The van der Waals surface area contributed by atoms with Gasteiger partial charge in [0.25, 0.3) is 11.5 Å². The van der Waals surface area contributed by atoms with Gasteiger partial charge in [-0.15, -0.1) is 0 Å². The van der Waals surface area contributed by atoms with Gasteiger partial charge >= 0.3 is 6.18 Å². The molecule has 182 valence electrons. The number of rotatable bonds is 5. The number of aryl methyl sites for hydroxylation is 1. The van der Waals surface area contributed by atoms with Gasteiger partial charge in [0.15, 0.2) is 0 Å². The minimum Gasteiger partial charge on any atom is -0.322 e. The number of aliphatic imine (C=N–C) groups is 1. The van der Waals surface area contributed by atoms with Crippen LogP contribution in [0.5, 0.6) is 0 Å². The molecule has 0 aliphatic carbocycles. The van der Waals surface area contributed by atoms with Crippen LogP contribution in [-0.4, -0.2) is 22.7 Å². The lowest BCUT2D eigenvalue weighted by Gasteiger charge is -2.22. The number of aromatic nitrogens is 1. The molecule has 0 saturated heterocycles. The van der Waals surface area contributed by atoms with Crippen molar-refractivity contribution in [2.24, 2.45) is 12.0 Å². The molecular formula is C27H26F3N3O2. The summed E-state index contributed by atoms with van der Waals surface area (Å²) >= 11 is 0. The Labute approximate surface area is 201 Å². The molecule has 2 heterocycles. The third kappa shape index (κ3) is 5.06. The summed E-state index contributed by atoms with van der Waals surface area (Å²) in [5, 5.41) is 2.65. The van der Waals surface area contributed by atoms with Crippen molar-refractivity contribution in [3.8, 4) is 11.1 Å². The van der Waals surface area contributed by atoms with E-state index in [-0.39, 0.29) is 17.2 Å². The van der Waals surface area contributed by atoms with E-state index in [0.717, 1.165) is 41.8 Å². The largest absolute Gasteiger partial charge is 0.416 e. The van der Waals surface area contributed by atoms with Crippen molar-refractivity contribution in [1.82, 2.24) is 4.57 Å². The van der Waals surface area contributed by atoms with Crippen LogP contribution in [0.25, 0.3) is 11.1 Å². The number of carbonyl (C=O) groups excluding carboxylic acids is 1. The molecular weight excluding hydrogens is 455 g/mol. The lowest BCUT2D eigenvalue weighted by molar-refractivity contribution is -0.137. The molecule has 0 radical (unpaired) electrons. The van der Waals surface area contributed by atoms with Gasteiger partial charge in [-0.05, 0) is 60.9 Å². The molecule has 35 heavy (non-hydrogen) atoms. The molecule has 2 aromatic carbocycles. The third-order valence-corrected chi connectivity index (χ3v) is 6.29. The second-order valence-electron chi connectivity index (χ2n) is 8.81. The average molecular weight is 482 g/mol. The fraction of sp³-hybridized carbons (Fsp3) is 0.296. The molecule has 1 amide bonds. The van der Waals surface area contributed by atoms with Crippen molar-refractivity contribution >= 4 is 17.8 Å². The Kier molecular flexibility index (Phi) is 6.65. The smallest absolute Gasteiger partial charge is 0.322 e. The molecule has 1 unspecified atom stereocenters. The first-order valence-corrected chi connectivity index (χ1v) is 11.4. The molecule has 1 aromatic heterocycles. The summed E-state index contributed by atoms with van der Waals surface area (Å²) < 4.78 is 40.7. The highest BCUT2D eigenvalue weighted by Crippen LogP contribution is 2.30. The predicted octanol–water partition coefficient (Wildman–Crippen LogP) is 5.78. The first-order valence-electron chi connectivity index (χ1n) is 11.4. The van der Waals surface area contributed by atoms with Crippen LogP contribution in [0, 0.1) is 6.92 Å². The summed E-state index contributed by atoms with van der Waals surface area (Å²) in [7, 11) is 1.75. The zero-order chi connectivity index (χ0) is 25.3. The van der Waals surface area contributed by atoms with Crippen LogP contribution >= 0.6 is 0 Å². The van der Waals surface area contributed by atoms with Crippen LogP contribution in [0.1, 0.15) is 52.5 Å². The quantitative estimate of drug-likeness (QED) is 0.503. The monoisotopic (exact) mass is 481 g/mol. The number of anilines is 1. The Morgan fingerprint density at radius 1 is 1.14 bits per heavy atom. The maximum Gasteiger partial charge on any atom is 0.416 e. The minimum atomic E-state index is -4.54. The lowest BCUT2D eigenvalue weighted by Crippen LogP contribution is -2.28. The van der Waals surface area contributed by atoms with Crippen LogP contribution in [0.3, 0.4) is 0 Å². The molecule has 1 aliphatic rings. The van der Waals surface area contributed by atoms with Gasteiger partial charge in [0.1, 0.15) is 0 Å². The summed E-state index contributed by atoms with van der Waals surface area (Å²) in [6.45, 7) is 3.97. The number of hydrogen-bond donors (Lipinski definition) is 1. The van der Waals surface area contributed by atoms with Crippen LogP contribution < -0.4 is 10.9 Å². The highest BCUT2D eigenvalue weighted by molar-refractivity contribution is 6.04. The van der Waals surface area contributed by atoms with Crippen molar-refractivity contribution in [2.45, 2.75) is 45.3 Å². The normalized spacial score (nSPS) is 15.1. The van der Waals surface area contributed by atoms with E-state index in [1.54, 1.807) is 29.8 Å². The Bertz CT molecular complexity index is 1370. The predicted molar refractivity (Wildman–Crippen MR) is 131 cm³/mol. The number of alkyl halides is 3. The molecule has 0 spiro atoms. The van der Waals surface area contributed by atoms with Crippen LogP contribution in [0.4, 0.5) is 18.9 Å². The number of carbonyl (C=O) groups is 1. The topological polar surface area (TPSA) is 63.5 Å². The Morgan fingerprint density at radius 3 is 2.63 bits per heavy atom. The van der Waals surface area contributed by atoms with Gasteiger partial charge in [-0.1, -0.05) is 25.5 Å². The molecule has 0 fully saturated rings. The van der Waals surface area contributed by atoms with Crippen LogP contribution in [-0.2, 0) is 19.6 Å². The first-order chi connectivity index (χ1) is 16.6. The number of nitrogens with one attached hydrogen (secondary N) is 1. The van der Waals surface area contributed by atoms with Gasteiger partial charge in [-0.2, -0.15) is 13.2 Å². The third-order valence-electron chi connectivity index (χ3n) is 6.29. The van der Waals surface area contributed by atoms with Crippen molar-refractivity contribution in [3.05, 3.63) is 86.8 Å². The van der Waals surface area contributed by atoms with E-state index in [4.69, 9.17) is 0 Å². The molecule has 0 saturated carbocycles. The van der Waals surface area contributed by atoms with Gasteiger partial charge < -0.3 is 9.88 Å². The molecule has 3 aromatic rings. The van der Waals surface area contributed by atoms with Gasteiger partial charge in [0.05, 0.1) is 11.6 Å². The minimum absolute atomic E-state index is 0.107. The number of nitrogens with zero attached hydrogens (tertiary/aromatic N) is 2. The number of hydrogen-bond acceptors (Lipinski definition) is 3. The average Bonchev–Trinajstić information content (AvgIpc) is 2.83. The Hall–Kier alpha value is -3.68. The highest BCUT2D eigenvalue weighted by atomic mass is 19.4. The fourth-order valence-corrected chi connectivity index (χ4v) is 4.36. The van der Waals surface area contributed by atoms with Crippen LogP contribution in [0.15, 0.2) is 58.3 Å². The molecule has 0 bridgehead atoms. The van der Waals surface area contributed by atoms with Crippen molar-refractivity contribution in [2.75, 3.05) is 5.32 Å². The van der Waals surface area contributed by atoms with E-state index in [9.17, 15) is 22.8 Å². The molecule has 4 rings (SSSR count). The molecule has 1 aliphatic heterocycles. The summed E-state index contributed by atoms with van der Waals surface area (Å²) in [5.74, 6) is -0.668. The standard InChI is InChI=1S/C27H26F3N3O2/c1-4-6-20-14-24-18(15-31-20)12-23(26(35)33(24)3)22-13-21(10-9-16(22)2)32-25(34)17-7-5-8-19(11-17)27(28,29)30/h5,7-13,15,20H,4,6,14H2,1-3H3,(H,32,34). The number of benzene rings is 2. The number of pyridine rings is 1. The number of fused-ring (bicyclic) bond motifs is 1. The van der Waals surface area contributed by atoms with Gasteiger partial charge in [0, 0.05) is 47.8 Å². The zero-order valence-corrected chi connectivity index (χ0v) is 19.7. The summed E-state index contributed by atoms with van der Waals surface area (Å²) in [5.41, 5.74) is 2.99. The van der Waals surface area contributed by atoms with Gasteiger partial charge in [0.2, 0.25) is 0 Å². The van der Waals surface area contributed by atoms with E-state index < -0.39 is 17.6 Å². The summed E-state index contributed by atoms with van der Waals surface area (Å²) in [6, 6.07) is 11.3. The molecule has 8 heteroatoms. The molecule has 1 N–H and O–H groups in total. The maximum absolute atomic E-state index is 13.3. The lowest BCUT2D eigenvalue weighted by atomic mass is 9.95. The van der Waals surface area contributed by atoms with Gasteiger partial charge in [-0.25, -0.2) is 0 Å². The van der Waals surface area contributed by atoms with E-state index in [1.807, 2.05) is 19.2 Å². The number of amides is 1. The van der Waals surface area contributed by atoms with E-state index >= 15 is 0 Å². The van der Waals surface area contributed by atoms with Gasteiger partial charge in [-0.3, -0.25) is 14.6 Å².